The molecule has 1 N–H and O–H groups in total. The van der Waals surface area contributed by atoms with Crippen molar-refractivity contribution in [3.05, 3.63) is 58.9 Å². The van der Waals surface area contributed by atoms with Gasteiger partial charge in [0.05, 0.1) is 38.7 Å². The fraction of sp³-hybridized carbons (Fsp3) is 0.333. The SMILES string of the molecule is COc1ccc(OC)c(NC(=O)CN2CCN(Cc3nc(-c4ccccc4)cs3)CC2)c1. The Balaban J connectivity index is 1.25. The molecule has 1 amide bonds. The molecule has 168 valence electrons. The normalized spacial score (nSPS) is 14.8. The van der Waals surface area contributed by atoms with Gasteiger partial charge < -0.3 is 14.8 Å². The first-order chi connectivity index (χ1) is 15.6. The number of hydrogen-bond acceptors (Lipinski definition) is 7. The van der Waals surface area contributed by atoms with Crippen molar-refractivity contribution in [1.29, 1.82) is 0 Å². The molecule has 0 aliphatic carbocycles. The van der Waals surface area contributed by atoms with Gasteiger partial charge >= 0.3 is 0 Å². The lowest BCUT2D eigenvalue weighted by molar-refractivity contribution is -0.117. The van der Waals surface area contributed by atoms with Gasteiger partial charge in [-0.15, -0.1) is 11.3 Å². The maximum atomic E-state index is 12.6. The Labute approximate surface area is 192 Å². The monoisotopic (exact) mass is 452 g/mol. The number of nitrogens with zero attached hydrogens (tertiary/aromatic N) is 3. The predicted molar refractivity (Wildman–Crippen MR) is 127 cm³/mol. The predicted octanol–water partition coefficient (Wildman–Crippen LogP) is 3.58. The summed E-state index contributed by atoms with van der Waals surface area (Å²) in [5, 5.41) is 6.19. The molecule has 4 rings (SSSR count). The third-order valence-electron chi connectivity index (χ3n) is 5.49. The van der Waals surface area contributed by atoms with Crippen LogP contribution in [0.5, 0.6) is 11.5 Å². The van der Waals surface area contributed by atoms with E-state index < -0.39 is 0 Å². The summed E-state index contributed by atoms with van der Waals surface area (Å²) in [4.78, 5) is 22.0. The lowest BCUT2D eigenvalue weighted by Crippen LogP contribution is -2.48. The van der Waals surface area contributed by atoms with E-state index in [0.717, 1.165) is 49.0 Å². The largest absolute Gasteiger partial charge is 0.497 e. The summed E-state index contributed by atoms with van der Waals surface area (Å²) in [6.07, 6.45) is 0. The van der Waals surface area contributed by atoms with Gasteiger partial charge in [-0.2, -0.15) is 0 Å². The fourth-order valence-corrected chi connectivity index (χ4v) is 4.57. The third-order valence-corrected chi connectivity index (χ3v) is 6.33. The first-order valence-corrected chi connectivity index (χ1v) is 11.5. The van der Waals surface area contributed by atoms with E-state index in [-0.39, 0.29) is 5.91 Å². The van der Waals surface area contributed by atoms with Crippen LogP contribution >= 0.6 is 11.3 Å². The molecule has 1 fully saturated rings. The Bertz CT molecular complexity index is 1030. The first kappa shape index (κ1) is 22.3. The smallest absolute Gasteiger partial charge is 0.238 e. The number of rotatable bonds is 8. The van der Waals surface area contributed by atoms with Crippen molar-refractivity contribution in [1.82, 2.24) is 14.8 Å². The molecule has 0 spiro atoms. The van der Waals surface area contributed by atoms with Crippen LogP contribution in [-0.2, 0) is 11.3 Å². The van der Waals surface area contributed by atoms with Gasteiger partial charge in [0, 0.05) is 43.2 Å². The van der Waals surface area contributed by atoms with E-state index in [9.17, 15) is 4.79 Å². The Morgan fingerprint density at radius 3 is 2.50 bits per heavy atom. The lowest BCUT2D eigenvalue weighted by Gasteiger charge is -2.33. The number of nitrogens with one attached hydrogen (secondary N) is 1. The van der Waals surface area contributed by atoms with Crippen LogP contribution in [0.3, 0.4) is 0 Å². The highest BCUT2D eigenvalue weighted by Gasteiger charge is 2.20. The molecule has 0 bridgehead atoms. The summed E-state index contributed by atoms with van der Waals surface area (Å²) in [5.74, 6) is 1.23. The molecule has 2 heterocycles. The van der Waals surface area contributed by atoms with Crippen molar-refractivity contribution >= 4 is 22.9 Å². The number of piperazine rings is 1. The van der Waals surface area contributed by atoms with E-state index >= 15 is 0 Å². The van der Waals surface area contributed by atoms with Crippen molar-refractivity contribution in [2.75, 3.05) is 52.3 Å². The molecule has 3 aromatic rings. The van der Waals surface area contributed by atoms with E-state index in [1.807, 2.05) is 18.2 Å². The number of ether oxygens (including phenoxy) is 2. The third kappa shape index (κ3) is 5.64. The topological polar surface area (TPSA) is 66.9 Å². The van der Waals surface area contributed by atoms with Crippen LogP contribution in [0.1, 0.15) is 5.01 Å². The minimum Gasteiger partial charge on any atom is -0.497 e. The maximum Gasteiger partial charge on any atom is 0.238 e. The fourth-order valence-electron chi connectivity index (χ4n) is 3.73. The maximum absolute atomic E-state index is 12.6. The van der Waals surface area contributed by atoms with Crippen LogP contribution in [-0.4, -0.2) is 67.6 Å². The minimum atomic E-state index is -0.0579. The summed E-state index contributed by atoms with van der Waals surface area (Å²) in [7, 11) is 3.18. The van der Waals surface area contributed by atoms with Crippen LogP contribution in [0, 0.1) is 0 Å². The Morgan fingerprint density at radius 1 is 1.03 bits per heavy atom. The number of aromatic nitrogens is 1. The number of carbonyl (C=O) groups excluding carboxylic acids is 1. The average molecular weight is 453 g/mol. The zero-order chi connectivity index (χ0) is 22.3. The van der Waals surface area contributed by atoms with Gasteiger partial charge in [0.2, 0.25) is 5.91 Å². The number of amides is 1. The van der Waals surface area contributed by atoms with Gasteiger partial charge in [-0.25, -0.2) is 4.98 Å². The second-order valence-corrected chi connectivity index (χ2v) is 8.60. The zero-order valence-corrected chi connectivity index (χ0v) is 19.2. The van der Waals surface area contributed by atoms with Crippen molar-refractivity contribution in [2.45, 2.75) is 6.54 Å². The molecule has 7 nitrogen and oxygen atoms in total. The molecular weight excluding hydrogens is 424 g/mol. The molecule has 8 heteroatoms. The number of thiazole rings is 1. The Morgan fingerprint density at radius 2 is 1.78 bits per heavy atom. The Kier molecular flexibility index (Phi) is 7.36. The van der Waals surface area contributed by atoms with E-state index in [2.05, 4.69) is 32.6 Å². The Hall–Kier alpha value is -2.94. The highest BCUT2D eigenvalue weighted by Crippen LogP contribution is 2.29. The van der Waals surface area contributed by atoms with E-state index in [1.54, 1.807) is 43.8 Å². The summed E-state index contributed by atoms with van der Waals surface area (Å²) in [6.45, 7) is 4.72. The summed E-state index contributed by atoms with van der Waals surface area (Å²) in [6, 6.07) is 15.6. The van der Waals surface area contributed by atoms with E-state index in [1.165, 1.54) is 0 Å². The van der Waals surface area contributed by atoms with Crippen LogP contribution < -0.4 is 14.8 Å². The second kappa shape index (κ2) is 10.6. The van der Waals surface area contributed by atoms with Crippen LogP contribution in [0.2, 0.25) is 0 Å². The number of methoxy groups -OCH3 is 2. The van der Waals surface area contributed by atoms with Gasteiger partial charge in [-0.3, -0.25) is 14.6 Å². The van der Waals surface area contributed by atoms with Crippen molar-refractivity contribution in [2.24, 2.45) is 0 Å². The molecule has 0 atom stereocenters. The number of benzene rings is 2. The van der Waals surface area contributed by atoms with Crippen molar-refractivity contribution in [3.63, 3.8) is 0 Å². The number of carbonyl (C=O) groups is 1. The summed E-state index contributed by atoms with van der Waals surface area (Å²) < 4.78 is 10.6. The molecule has 0 saturated carbocycles. The van der Waals surface area contributed by atoms with Gasteiger partial charge in [0.15, 0.2) is 0 Å². The van der Waals surface area contributed by atoms with Crippen LogP contribution in [0.4, 0.5) is 5.69 Å². The highest BCUT2D eigenvalue weighted by atomic mass is 32.1. The molecule has 1 aliphatic heterocycles. The van der Waals surface area contributed by atoms with Crippen molar-refractivity contribution < 1.29 is 14.3 Å². The number of anilines is 1. The molecule has 1 aliphatic rings. The summed E-state index contributed by atoms with van der Waals surface area (Å²) >= 11 is 1.70. The molecule has 1 aromatic heterocycles. The van der Waals surface area contributed by atoms with E-state index in [4.69, 9.17) is 14.5 Å². The highest BCUT2D eigenvalue weighted by molar-refractivity contribution is 7.09. The minimum absolute atomic E-state index is 0.0579. The quantitative estimate of drug-likeness (QED) is 0.564. The van der Waals surface area contributed by atoms with Crippen LogP contribution in [0.15, 0.2) is 53.9 Å². The molecule has 0 unspecified atom stereocenters. The molecule has 1 saturated heterocycles. The standard InChI is InChI=1S/C24H28N4O3S/c1-30-19-8-9-22(31-2)20(14-19)25-23(29)15-27-10-12-28(13-11-27)16-24-26-21(17-32-24)18-6-4-3-5-7-18/h3-9,14,17H,10-13,15-16H2,1-2H3,(H,25,29). The zero-order valence-electron chi connectivity index (χ0n) is 18.4. The average Bonchev–Trinajstić information content (AvgIpc) is 3.29. The first-order valence-electron chi connectivity index (χ1n) is 10.6. The van der Waals surface area contributed by atoms with Gasteiger partial charge in [-0.05, 0) is 12.1 Å². The number of hydrogen-bond donors (Lipinski definition) is 1. The lowest BCUT2D eigenvalue weighted by atomic mass is 10.2. The van der Waals surface area contributed by atoms with Gasteiger partial charge in [0.25, 0.3) is 0 Å². The molecule has 32 heavy (non-hydrogen) atoms. The molecule has 2 aromatic carbocycles. The van der Waals surface area contributed by atoms with Crippen molar-refractivity contribution in [3.8, 4) is 22.8 Å². The van der Waals surface area contributed by atoms with E-state index in [0.29, 0.717) is 23.7 Å². The molecular formula is C24H28N4O3S. The second-order valence-electron chi connectivity index (χ2n) is 7.66. The molecule has 0 radical (unpaired) electrons. The van der Waals surface area contributed by atoms with Gasteiger partial charge in [-0.1, -0.05) is 30.3 Å². The summed E-state index contributed by atoms with van der Waals surface area (Å²) in [5.41, 5.74) is 2.81. The van der Waals surface area contributed by atoms with Gasteiger partial charge in [0.1, 0.15) is 16.5 Å². The van der Waals surface area contributed by atoms with Crippen LogP contribution in [0.25, 0.3) is 11.3 Å².